The Morgan fingerprint density at radius 3 is 2.20 bits per heavy atom. The van der Waals surface area contributed by atoms with Crippen LogP contribution in [-0.4, -0.2) is 82.9 Å². The largest absolute Gasteiger partial charge is 0.480 e. The number of hydrogen-bond donors (Lipinski definition) is 1. The summed E-state index contributed by atoms with van der Waals surface area (Å²) in [4.78, 5) is 39.7. The van der Waals surface area contributed by atoms with Gasteiger partial charge in [0.2, 0.25) is 11.8 Å². The number of carboxylic acids is 1. The van der Waals surface area contributed by atoms with Crippen molar-refractivity contribution >= 4 is 17.8 Å². The summed E-state index contributed by atoms with van der Waals surface area (Å²) in [6.45, 7) is 4.53. The van der Waals surface area contributed by atoms with Crippen LogP contribution in [0.15, 0.2) is 0 Å². The van der Waals surface area contributed by atoms with Gasteiger partial charge in [0.25, 0.3) is 0 Å². The minimum Gasteiger partial charge on any atom is -0.480 e. The monoisotopic (exact) mass is 283 g/mol. The third-order valence-corrected chi connectivity index (χ3v) is 4.06. The molecular weight excluding hydrogens is 262 g/mol. The molecular formula is C13H21N3O4. The maximum absolute atomic E-state index is 12.2. The van der Waals surface area contributed by atoms with E-state index in [4.69, 9.17) is 5.11 Å². The van der Waals surface area contributed by atoms with E-state index < -0.39 is 12.0 Å². The SMILES string of the molecule is CC(=O)N1CCN(C(=O)CN2CCCC2C(=O)O)CC1. The van der Waals surface area contributed by atoms with Gasteiger partial charge >= 0.3 is 5.97 Å². The van der Waals surface area contributed by atoms with Crippen LogP contribution >= 0.6 is 0 Å². The highest BCUT2D eigenvalue weighted by Gasteiger charge is 2.33. The van der Waals surface area contributed by atoms with E-state index in [9.17, 15) is 14.4 Å². The number of carbonyl (C=O) groups excluding carboxylic acids is 2. The number of rotatable bonds is 3. The molecule has 2 saturated heterocycles. The molecule has 0 spiro atoms. The number of carboxylic acid groups (broad SMARTS) is 1. The van der Waals surface area contributed by atoms with Crippen LogP contribution in [0.25, 0.3) is 0 Å². The van der Waals surface area contributed by atoms with Crippen molar-refractivity contribution in [2.45, 2.75) is 25.8 Å². The van der Waals surface area contributed by atoms with Gasteiger partial charge in [-0.2, -0.15) is 0 Å². The lowest BCUT2D eigenvalue weighted by Gasteiger charge is -2.35. The Labute approximate surface area is 118 Å². The highest BCUT2D eigenvalue weighted by molar-refractivity contribution is 5.81. The zero-order valence-electron chi connectivity index (χ0n) is 11.7. The zero-order chi connectivity index (χ0) is 14.7. The number of carbonyl (C=O) groups is 3. The van der Waals surface area contributed by atoms with Gasteiger partial charge in [0.05, 0.1) is 6.54 Å². The fourth-order valence-electron chi connectivity index (χ4n) is 2.84. The topological polar surface area (TPSA) is 81.2 Å². The summed E-state index contributed by atoms with van der Waals surface area (Å²) < 4.78 is 0. The van der Waals surface area contributed by atoms with Gasteiger partial charge in [-0.1, -0.05) is 0 Å². The van der Waals surface area contributed by atoms with E-state index >= 15 is 0 Å². The molecule has 7 heteroatoms. The molecule has 0 saturated carbocycles. The van der Waals surface area contributed by atoms with Gasteiger partial charge in [0.15, 0.2) is 0 Å². The molecule has 7 nitrogen and oxygen atoms in total. The van der Waals surface area contributed by atoms with Crippen molar-refractivity contribution in [2.75, 3.05) is 39.3 Å². The average Bonchev–Trinajstić information content (AvgIpc) is 2.87. The van der Waals surface area contributed by atoms with E-state index in [1.807, 2.05) is 0 Å². The molecule has 2 fully saturated rings. The molecule has 2 heterocycles. The predicted molar refractivity (Wildman–Crippen MR) is 71.1 cm³/mol. The summed E-state index contributed by atoms with van der Waals surface area (Å²) in [5.74, 6) is -0.861. The minimum absolute atomic E-state index is 0.0302. The van der Waals surface area contributed by atoms with Gasteiger partial charge in [0.1, 0.15) is 6.04 Å². The number of likely N-dealkylation sites (tertiary alicyclic amines) is 1. The first-order valence-corrected chi connectivity index (χ1v) is 6.99. The maximum atomic E-state index is 12.2. The molecule has 0 aliphatic carbocycles. The molecule has 2 aliphatic rings. The van der Waals surface area contributed by atoms with E-state index in [0.717, 1.165) is 6.42 Å². The van der Waals surface area contributed by atoms with Crippen molar-refractivity contribution in [3.63, 3.8) is 0 Å². The summed E-state index contributed by atoms with van der Waals surface area (Å²) >= 11 is 0. The quantitative estimate of drug-likeness (QED) is 0.735. The lowest BCUT2D eigenvalue weighted by molar-refractivity contribution is -0.144. The Bertz CT molecular complexity index is 404. The second-order valence-corrected chi connectivity index (χ2v) is 5.35. The van der Waals surface area contributed by atoms with Gasteiger partial charge in [-0.3, -0.25) is 19.3 Å². The van der Waals surface area contributed by atoms with Crippen LogP contribution in [-0.2, 0) is 14.4 Å². The lowest BCUT2D eigenvalue weighted by atomic mass is 10.2. The van der Waals surface area contributed by atoms with Crippen molar-refractivity contribution in [3.05, 3.63) is 0 Å². The fraction of sp³-hybridized carbons (Fsp3) is 0.769. The Balaban J connectivity index is 1.84. The Hall–Kier alpha value is -1.63. The second-order valence-electron chi connectivity index (χ2n) is 5.35. The van der Waals surface area contributed by atoms with E-state index in [1.54, 1.807) is 14.7 Å². The van der Waals surface area contributed by atoms with Crippen molar-refractivity contribution in [3.8, 4) is 0 Å². The summed E-state index contributed by atoms with van der Waals surface area (Å²) in [7, 11) is 0. The highest BCUT2D eigenvalue weighted by Crippen LogP contribution is 2.17. The Kier molecular flexibility index (Phi) is 4.59. The number of nitrogens with zero attached hydrogens (tertiary/aromatic N) is 3. The summed E-state index contributed by atoms with van der Waals surface area (Å²) in [5.41, 5.74) is 0. The first-order chi connectivity index (χ1) is 9.49. The Morgan fingerprint density at radius 1 is 1.05 bits per heavy atom. The highest BCUT2D eigenvalue weighted by atomic mass is 16.4. The van der Waals surface area contributed by atoms with Crippen molar-refractivity contribution in [1.29, 1.82) is 0 Å². The van der Waals surface area contributed by atoms with Crippen LogP contribution in [0.1, 0.15) is 19.8 Å². The molecule has 1 unspecified atom stereocenters. The normalized spacial score (nSPS) is 23.9. The molecule has 2 rings (SSSR count). The van der Waals surface area contributed by atoms with E-state index in [1.165, 1.54) is 6.92 Å². The smallest absolute Gasteiger partial charge is 0.320 e. The van der Waals surface area contributed by atoms with Crippen LogP contribution in [0, 0.1) is 0 Å². The lowest BCUT2D eigenvalue weighted by Crippen LogP contribution is -2.53. The molecule has 2 amide bonds. The number of amides is 2. The first kappa shape index (κ1) is 14.8. The van der Waals surface area contributed by atoms with E-state index in [-0.39, 0.29) is 18.4 Å². The standard InChI is InChI=1S/C13H21N3O4/c1-10(17)14-5-7-15(8-6-14)12(18)9-16-4-2-3-11(16)13(19)20/h11H,2-9H2,1H3,(H,19,20). The summed E-state index contributed by atoms with van der Waals surface area (Å²) in [6, 6.07) is -0.530. The molecule has 0 aromatic carbocycles. The van der Waals surface area contributed by atoms with E-state index in [2.05, 4.69) is 0 Å². The molecule has 1 N–H and O–H groups in total. The number of piperazine rings is 1. The van der Waals surface area contributed by atoms with Crippen LogP contribution in [0.4, 0.5) is 0 Å². The van der Waals surface area contributed by atoms with E-state index in [0.29, 0.717) is 39.1 Å². The average molecular weight is 283 g/mol. The van der Waals surface area contributed by atoms with Crippen LogP contribution in [0.3, 0.4) is 0 Å². The predicted octanol–water partition coefficient (Wildman–Crippen LogP) is -0.774. The maximum Gasteiger partial charge on any atom is 0.320 e. The second kappa shape index (κ2) is 6.21. The van der Waals surface area contributed by atoms with Crippen molar-refractivity contribution < 1.29 is 19.5 Å². The number of aliphatic carboxylic acids is 1. The molecule has 0 aromatic rings. The fourth-order valence-corrected chi connectivity index (χ4v) is 2.84. The van der Waals surface area contributed by atoms with Gasteiger partial charge in [0, 0.05) is 33.1 Å². The molecule has 20 heavy (non-hydrogen) atoms. The zero-order valence-corrected chi connectivity index (χ0v) is 11.7. The van der Waals surface area contributed by atoms with Gasteiger partial charge in [-0.15, -0.1) is 0 Å². The van der Waals surface area contributed by atoms with Crippen LogP contribution in [0.5, 0.6) is 0 Å². The molecule has 1 atom stereocenters. The van der Waals surface area contributed by atoms with Gasteiger partial charge in [-0.25, -0.2) is 0 Å². The first-order valence-electron chi connectivity index (χ1n) is 6.99. The molecule has 0 bridgehead atoms. The van der Waals surface area contributed by atoms with Crippen LogP contribution < -0.4 is 0 Å². The molecule has 2 aliphatic heterocycles. The summed E-state index contributed by atoms with van der Waals surface area (Å²) in [6.07, 6.45) is 1.43. The molecule has 112 valence electrons. The van der Waals surface area contributed by atoms with Crippen molar-refractivity contribution in [2.24, 2.45) is 0 Å². The minimum atomic E-state index is -0.850. The third-order valence-electron chi connectivity index (χ3n) is 4.06. The van der Waals surface area contributed by atoms with Crippen LogP contribution in [0.2, 0.25) is 0 Å². The van der Waals surface area contributed by atoms with Gasteiger partial charge in [-0.05, 0) is 19.4 Å². The molecule has 0 aromatic heterocycles. The third kappa shape index (κ3) is 3.27. The Morgan fingerprint density at radius 2 is 1.65 bits per heavy atom. The molecule has 0 radical (unpaired) electrons. The summed E-state index contributed by atoms with van der Waals surface area (Å²) in [5, 5.41) is 9.09. The van der Waals surface area contributed by atoms with Gasteiger partial charge < -0.3 is 14.9 Å². The van der Waals surface area contributed by atoms with Crippen molar-refractivity contribution in [1.82, 2.24) is 14.7 Å². The number of hydrogen-bond acceptors (Lipinski definition) is 4.